The van der Waals surface area contributed by atoms with Crippen molar-refractivity contribution in [1.29, 1.82) is 0 Å². The van der Waals surface area contributed by atoms with Gasteiger partial charge >= 0.3 is 5.97 Å². The molecule has 2 aromatic rings. The average Bonchev–Trinajstić information content (AvgIpc) is 3.00. The van der Waals surface area contributed by atoms with E-state index in [2.05, 4.69) is 10.3 Å². The number of carbonyl (C=O) groups excluding carboxylic acids is 2. The first-order valence-electron chi connectivity index (χ1n) is 6.37. The van der Waals surface area contributed by atoms with Crippen LogP contribution in [0.2, 0.25) is 0 Å². The van der Waals surface area contributed by atoms with E-state index in [1.807, 2.05) is 30.3 Å². The maximum atomic E-state index is 11.5. The summed E-state index contributed by atoms with van der Waals surface area (Å²) in [6.45, 7) is 0.246. The van der Waals surface area contributed by atoms with Crippen LogP contribution in [0, 0.1) is 0 Å². The van der Waals surface area contributed by atoms with Crippen LogP contribution >= 0.6 is 0 Å². The number of carbonyl (C=O) groups is 2. The molecule has 0 aliphatic rings. The van der Waals surface area contributed by atoms with E-state index >= 15 is 0 Å². The molecule has 0 saturated heterocycles. The van der Waals surface area contributed by atoms with Crippen molar-refractivity contribution >= 4 is 11.9 Å². The smallest absolute Gasteiger partial charge is 0.355 e. The Morgan fingerprint density at radius 2 is 1.90 bits per heavy atom. The van der Waals surface area contributed by atoms with Gasteiger partial charge in [0, 0.05) is 12.7 Å². The second-order valence-corrected chi connectivity index (χ2v) is 4.25. The van der Waals surface area contributed by atoms with Gasteiger partial charge in [-0.15, -0.1) is 0 Å². The summed E-state index contributed by atoms with van der Waals surface area (Å²) in [5, 5.41) is 2.71. The highest BCUT2D eigenvalue weighted by Crippen LogP contribution is 1.99. The number of ether oxygens (including phenoxy) is 1. The third-order valence-electron chi connectivity index (χ3n) is 2.73. The van der Waals surface area contributed by atoms with Crippen molar-refractivity contribution in [3.63, 3.8) is 0 Å². The van der Waals surface area contributed by atoms with Gasteiger partial charge in [0.2, 0.25) is 0 Å². The van der Waals surface area contributed by atoms with E-state index in [9.17, 15) is 9.59 Å². The average molecular weight is 272 g/mol. The lowest BCUT2D eigenvalue weighted by Crippen LogP contribution is -2.30. The Morgan fingerprint density at radius 3 is 2.60 bits per heavy atom. The molecule has 0 saturated carbocycles. The Hall–Kier alpha value is -2.56. The zero-order valence-electron chi connectivity index (χ0n) is 11.0. The summed E-state index contributed by atoms with van der Waals surface area (Å²) in [6.07, 6.45) is 2.37. The predicted molar refractivity (Wildman–Crippen MR) is 74.2 cm³/mol. The van der Waals surface area contributed by atoms with Gasteiger partial charge in [-0.25, -0.2) is 4.79 Å². The summed E-state index contributed by atoms with van der Waals surface area (Å²) in [5.41, 5.74) is 1.48. The highest BCUT2D eigenvalue weighted by atomic mass is 16.5. The van der Waals surface area contributed by atoms with Crippen LogP contribution in [0.1, 0.15) is 16.1 Å². The lowest BCUT2D eigenvalue weighted by atomic mass is 10.1. The monoisotopic (exact) mass is 272 g/mol. The molecule has 0 radical (unpaired) electrons. The minimum Gasteiger partial charge on any atom is -0.451 e. The molecule has 0 atom stereocenters. The molecule has 0 bridgehead atoms. The van der Waals surface area contributed by atoms with Crippen molar-refractivity contribution in [1.82, 2.24) is 10.3 Å². The molecule has 104 valence electrons. The molecule has 1 heterocycles. The van der Waals surface area contributed by atoms with Crippen LogP contribution in [0.3, 0.4) is 0 Å². The van der Waals surface area contributed by atoms with Crippen LogP contribution in [0.15, 0.2) is 48.7 Å². The van der Waals surface area contributed by atoms with Crippen LogP contribution in [-0.4, -0.2) is 30.0 Å². The van der Waals surface area contributed by atoms with E-state index in [1.54, 1.807) is 18.3 Å². The van der Waals surface area contributed by atoms with E-state index < -0.39 is 5.97 Å². The highest BCUT2D eigenvalue weighted by molar-refractivity contribution is 5.89. The van der Waals surface area contributed by atoms with Crippen molar-refractivity contribution in [3.05, 3.63) is 59.9 Å². The summed E-state index contributed by atoms with van der Waals surface area (Å²) in [5.74, 6) is -0.839. The fourth-order valence-electron chi connectivity index (χ4n) is 1.71. The van der Waals surface area contributed by atoms with Gasteiger partial charge in [-0.1, -0.05) is 30.3 Å². The van der Waals surface area contributed by atoms with Gasteiger partial charge in [0.1, 0.15) is 5.69 Å². The first kappa shape index (κ1) is 13.9. The lowest BCUT2D eigenvalue weighted by molar-refractivity contribution is -0.124. The zero-order chi connectivity index (χ0) is 14.2. The van der Waals surface area contributed by atoms with E-state index in [0.717, 1.165) is 12.0 Å². The van der Waals surface area contributed by atoms with E-state index in [1.165, 1.54) is 0 Å². The van der Waals surface area contributed by atoms with Crippen molar-refractivity contribution in [3.8, 4) is 0 Å². The molecule has 20 heavy (non-hydrogen) atoms. The number of aromatic nitrogens is 1. The van der Waals surface area contributed by atoms with Gasteiger partial charge in [-0.3, -0.25) is 4.79 Å². The minimum absolute atomic E-state index is 0.271. The van der Waals surface area contributed by atoms with Gasteiger partial charge in [0.05, 0.1) is 0 Å². The Balaban J connectivity index is 1.65. The number of amides is 1. The molecule has 5 nitrogen and oxygen atoms in total. The summed E-state index contributed by atoms with van der Waals surface area (Å²) in [4.78, 5) is 25.7. The maximum Gasteiger partial charge on any atom is 0.355 e. The standard InChI is InChI=1S/C15H16N2O3/c18-14(11-20-15(19)13-7-4-9-16-13)17-10-8-12-5-2-1-3-6-12/h1-7,9,16H,8,10-11H2,(H,17,18). The number of esters is 1. The fourth-order valence-corrected chi connectivity index (χ4v) is 1.71. The molecule has 0 aliphatic carbocycles. The summed E-state index contributed by atoms with van der Waals surface area (Å²) < 4.78 is 4.87. The number of aromatic amines is 1. The molecule has 2 rings (SSSR count). The molecule has 1 amide bonds. The lowest BCUT2D eigenvalue weighted by Gasteiger charge is -2.06. The van der Waals surface area contributed by atoms with E-state index in [4.69, 9.17) is 4.74 Å². The second kappa shape index (κ2) is 7.13. The molecule has 1 aromatic carbocycles. The largest absolute Gasteiger partial charge is 0.451 e. The molecule has 0 unspecified atom stereocenters. The van der Waals surface area contributed by atoms with Crippen molar-refractivity contribution < 1.29 is 14.3 Å². The zero-order valence-corrected chi connectivity index (χ0v) is 11.0. The van der Waals surface area contributed by atoms with Crippen molar-refractivity contribution in [2.75, 3.05) is 13.2 Å². The van der Waals surface area contributed by atoms with E-state index in [0.29, 0.717) is 12.2 Å². The molecular formula is C15H16N2O3. The quantitative estimate of drug-likeness (QED) is 0.783. The topological polar surface area (TPSA) is 71.2 Å². The summed E-state index contributed by atoms with van der Waals surface area (Å²) in [7, 11) is 0. The normalized spacial score (nSPS) is 10.0. The highest BCUT2D eigenvalue weighted by Gasteiger charge is 2.09. The fraction of sp³-hybridized carbons (Fsp3) is 0.200. The first-order chi connectivity index (χ1) is 9.75. The number of rotatable bonds is 6. The number of hydrogen-bond acceptors (Lipinski definition) is 3. The predicted octanol–water partition coefficient (Wildman–Crippen LogP) is 1.53. The van der Waals surface area contributed by atoms with Gasteiger partial charge in [-0.05, 0) is 24.1 Å². The van der Waals surface area contributed by atoms with Crippen LogP contribution in [0.5, 0.6) is 0 Å². The first-order valence-corrected chi connectivity index (χ1v) is 6.37. The van der Waals surface area contributed by atoms with Gasteiger partial charge < -0.3 is 15.0 Å². The third kappa shape index (κ3) is 4.28. The van der Waals surface area contributed by atoms with Crippen molar-refractivity contribution in [2.24, 2.45) is 0 Å². The number of H-pyrrole nitrogens is 1. The Labute approximate surface area is 117 Å². The molecular weight excluding hydrogens is 256 g/mol. The van der Waals surface area contributed by atoms with Crippen LogP contribution < -0.4 is 5.32 Å². The molecule has 2 N–H and O–H groups in total. The van der Waals surface area contributed by atoms with E-state index in [-0.39, 0.29) is 12.5 Å². The number of benzene rings is 1. The Morgan fingerprint density at radius 1 is 1.10 bits per heavy atom. The molecule has 0 aliphatic heterocycles. The summed E-state index contributed by atoms with van der Waals surface area (Å²) in [6, 6.07) is 13.1. The Bertz CT molecular complexity index is 550. The Kier molecular flexibility index (Phi) is 4.94. The second-order valence-electron chi connectivity index (χ2n) is 4.25. The van der Waals surface area contributed by atoms with Gasteiger partial charge in [0.25, 0.3) is 5.91 Å². The number of hydrogen-bond donors (Lipinski definition) is 2. The van der Waals surface area contributed by atoms with Gasteiger partial charge in [-0.2, -0.15) is 0 Å². The molecule has 0 spiro atoms. The SMILES string of the molecule is O=C(COC(=O)c1ccc[nH]1)NCCc1ccccc1. The number of nitrogens with one attached hydrogen (secondary N) is 2. The van der Waals surface area contributed by atoms with Gasteiger partial charge in [0.15, 0.2) is 6.61 Å². The third-order valence-corrected chi connectivity index (χ3v) is 2.73. The summed E-state index contributed by atoms with van der Waals surface area (Å²) >= 11 is 0. The molecule has 5 heteroatoms. The minimum atomic E-state index is -0.534. The maximum absolute atomic E-state index is 11.5. The molecule has 1 aromatic heterocycles. The van der Waals surface area contributed by atoms with Crippen LogP contribution in [-0.2, 0) is 16.0 Å². The van der Waals surface area contributed by atoms with Crippen molar-refractivity contribution in [2.45, 2.75) is 6.42 Å². The molecule has 0 fully saturated rings. The van der Waals surface area contributed by atoms with Crippen LogP contribution in [0.25, 0.3) is 0 Å². The van der Waals surface area contributed by atoms with Crippen LogP contribution in [0.4, 0.5) is 0 Å².